The lowest BCUT2D eigenvalue weighted by Crippen LogP contribution is -2.27. The molecule has 0 saturated carbocycles. The predicted octanol–water partition coefficient (Wildman–Crippen LogP) is 5.69. The Labute approximate surface area is 142 Å². The zero-order valence-corrected chi connectivity index (χ0v) is 15.2. The summed E-state index contributed by atoms with van der Waals surface area (Å²) in [6.07, 6.45) is 2.32. The number of benzene rings is 2. The van der Waals surface area contributed by atoms with E-state index in [1.807, 2.05) is 0 Å². The van der Waals surface area contributed by atoms with E-state index in [1.54, 1.807) is 0 Å². The number of nitrogens with zero attached hydrogens (tertiary/aromatic N) is 1. The maximum absolute atomic E-state index is 2.58. The Morgan fingerprint density at radius 3 is 2.04 bits per heavy atom. The van der Waals surface area contributed by atoms with E-state index in [-0.39, 0.29) is 0 Å². The van der Waals surface area contributed by atoms with E-state index in [0.29, 0.717) is 5.41 Å². The molecule has 1 nitrogen and oxygen atoms in total. The smallest absolute Gasteiger partial charge is 0.0237 e. The van der Waals surface area contributed by atoms with Crippen molar-refractivity contribution in [2.45, 2.75) is 53.6 Å². The Morgan fingerprint density at radius 1 is 0.783 bits per heavy atom. The molecule has 124 valence electrons. The Hall–Kier alpha value is -1.60. The molecule has 0 aliphatic carbocycles. The topological polar surface area (TPSA) is 3.24 Å². The van der Waals surface area contributed by atoms with E-state index >= 15 is 0 Å². The van der Waals surface area contributed by atoms with Crippen LogP contribution < -0.4 is 0 Å². The minimum Gasteiger partial charge on any atom is -0.295 e. The molecule has 0 atom stereocenters. The molecule has 0 aliphatic heterocycles. The Kier molecular flexibility index (Phi) is 6.41. The van der Waals surface area contributed by atoms with Crippen LogP contribution in [0.5, 0.6) is 0 Å². The van der Waals surface area contributed by atoms with Crippen molar-refractivity contribution in [2.24, 2.45) is 5.41 Å². The van der Waals surface area contributed by atoms with Gasteiger partial charge in [-0.1, -0.05) is 82.3 Å². The lowest BCUT2D eigenvalue weighted by Gasteiger charge is -2.27. The summed E-state index contributed by atoms with van der Waals surface area (Å²) in [5.74, 6) is 0. The van der Waals surface area contributed by atoms with Crippen molar-refractivity contribution >= 4 is 0 Å². The molecule has 0 aliphatic rings. The van der Waals surface area contributed by atoms with Crippen LogP contribution in [-0.4, -0.2) is 11.4 Å². The van der Waals surface area contributed by atoms with Crippen LogP contribution in [0.15, 0.2) is 54.6 Å². The summed E-state index contributed by atoms with van der Waals surface area (Å²) in [4.78, 5) is 2.58. The number of rotatable bonds is 7. The van der Waals surface area contributed by atoms with Crippen LogP contribution in [0.1, 0.15) is 50.8 Å². The third kappa shape index (κ3) is 6.58. The maximum atomic E-state index is 2.58. The van der Waals surface area contributed by atoms with Gasteiger partial charge in [-0.25, -0.2) is 0 Å². The summed E-state index contributed by atoms with van der Waals surface area (Å²) in [7, 11) is 0. The average molecular weight is 309 g/mol. The average Bonchev–Trinajstić information content (AvgIpc) is 2.53. The van der Waals surface area contributed by atoms with Gasteiger partial charge in [0.15, 0.2) is 0 Å². The number of aryl methyl sites for hydroxylation is 1. The third-order valence-corrected chi connectivity index (χ3v) is 4.23. The standard InChI is InChI=1S/C22H31N/c1-5-19-12-9-13-21(16-19)18-23(15-14-22(2,3)4)17-20-10-7-6-8-11-20/h6-13,16H,5,14-15,17-18H2,1-4H3. The Balaban J connectivity index is 2.08. The van der Waals surface area contributed by atoms with Crippen molar-refractivity contribution in [3.63, 3.8) is 0 Å². The van der Waals surface area contributed by atoms with Gasteiger partial charge in [0.1, 0.15) is 0 Å². The van der Waals surface area contributed by atoms with Gasteiger partial charge in [-0.3, -0.25) is 4.90 Å². The number of hydrogen-bond donors (Lipinski definition) is 0. The molecule has 2 aromatic rings. The first-order valence-corrected chi connectivity index (χ1v) is 8.80. The zero-order valence-electron chi connectivity index (χ0n) is 15.2. The zero-order chi connectivity index (χ0) is 16.7. The van der Waals surface area contributed by atoms with Gasteiger partial charge in [0.2, 0.25) is 0 Å². The lowest BCUT2D eigenvalue weighted by atomic mass is 9.92. The molecule has 0 N–H and O–H groups in total. The summed E-state index contributed by atoms with van der Waals surface area (Å²) >= 11 is 0. The molecule has 0 heterocycles. The van der Waals surface area contributed by atoms with Gasteiger partial charge < -0.3 is 0 Å². The van der Waals surface area contributed by atoms with Crippen LogP contribution in [0, 0.1) is 5.41 Å². The van der Waals surface area contributed by atoms with Gasteiger partial charge in [0.25, 0.3) is 0 Å². The molecule has 0 aromatic heterocycles. The second-order valence-electron chi connectivity index (χ2n) is 7.68. The summed E-state index contributed by atoms with van der Waals surface area (Å²) in [5, 5.41) is 0. The highest BCUT2D eigenvalue weighted by atomic mass is 15.1. The lowest BCUT2D eigenvalue weighted by molar-refractivity contribution is 0.213. The Morgan fingerprint density at radius 2 is 1.39 bits per heavy atom. The van der Waals surface area contributed by atoms with E-state index in [1.165, 1.54) is 23.1 Å². The highest BCUT2D eigenvalue weighted by Crippen LogP contribution is 2.21. The van der Waals surface area contributed by atoms with Crippen LogP contribution in [-0.2, 0) is 19.5 Å². The molecular weight excluding hydrogens is 278 g/mol. The van der Waals surface area contributed by atoms with Crippen molar-refractivity contribution in [1.82, 2.24) is 4.90 Å². The van der Waals surface area contributed by atoms with Crippen LogP contribution in [0.4, 0.5) is 0 Å². The first kappa shape index (κ1) is 17.7. The summed E-state index contributed by atoms with van der Waals surface area (Å²) < 4.78 is 0. The van der Waals surface area contributed by atoms with Gasteiger partial charge in [-0.05, 0) is 41.5 Å². The predicted molar refractivity (Wildman–Crippen MR) is 100 cm³/mol. The molecule has 2 aromatic carbocycles. The van der Waals surface area contributed by atoms with Gasteiger partial charge in [-0.15, -0.1) is 0 Å². The van der Waals surface area contributed by atoms with Crippen LogP contribution in [0.3, 0.4) is 0 Å². The van der Waals surface area contributed by atoms with Gasteiger partial charge >= 0.3 is 0 Å². The molecule has 0 radical (unpaired) electrons. The quantitative estimate of drug-likeness (QED) is 0.635. The fraction of sp³-hybridized carbons (Fsp3) is 0.455. The van der Waals surface area contributed by atoms with E-state index in [4.69, 9.17) is 0 Å². The molecule has 0 unspecified atom stereocenters. The van der Waals surface area contributed by atoms with Crippen molar-refractivity contribution in [3.8, 4) is 0 Å². The molecular formula is C22H31N. The minimum absolute atomic E-state index is 0.375. The van der Waals surface area contributed by atoms with E-state index in [9.17, 15) is 0 Å². The van der Waals surface area contributed by atoms with E-state index < -0.39 is 0 Å². The Bertz CT molecular complexity index is 580. The largest absolute Gasteiger partial charge is 0.295 e. The first-order chi connectivity index (χ1) is 11.0. The third-order valence-electron chi connectivity index (χ3n) is 4.23. The van der Waals surface area contributed by atoms with Gasteiger partial charge in [-0.2, -0.15) is 0 Å². The molecule has 0 saturated heterocycles. The fourth-order valence-electron chi connectivity index (χ4n) is 2.76. The second kappa shape index (κ2) is 8.31. The second-order valence-corrected chi connectivity index (χ2v) is 7.68. The molecule has 2 rings (SSSR count). The van der Waals surface area contributed by atoms with Crippen molar-refractivity contribution in [1.29, 1.82) is 0 Å². The molecule has 1 heteroatoms. The highest BCUT2D eigenvalue weighted by Gasteiger charge is 2.14. The normalized spacial score (nSPS) is 11.9. The van der Waals surface area contributed by atoms with Crippen LogP contribution in [0.25, 0.3) is 0 Å². The van der Waals surface area contributed by atoms with Crippen molar-refractivity contribution in [3.05, 3.63) is 71.3 Å². The molecule has 0 bridgehead atoms. The van der Waals surface area contributed by atoms with Crippen molar-refractivity contribution in [2.75, 3.05) is 6.54 Å². The summed E-state index contributed by atoms with van der Waals surface area (Å²) in [6, 6.07) is 19.8. The fourth-order valence-corrected chi connectivity index (χ4v) is 2.76. The van der Waals surface area contributed by atoms with Crippen LogP contribution >= 0.6 is 0 Å². The minimum atomic E-state index is 0.375. The van der Waals surface area contributed by atoms with E-state index in [2.05, 4.69) is 87.2 Å². The van der Waals surface area contributed by atoms with E-state index in [0.717, 1.165) is 26.1 Å². The monoisotopic (exact) mass is 309 g/mol. The SMILES string of the molecule is CCc1cccc(CN(CCC(C)(C)C)Cc2ccccc2)c1. The molecule has 0 spiro atoms. The summed E-state index contributed by atoms with van der Waals surface area (Å²) in [5.41, 5.74) is 4.63. The molecule has 0 fully saturated rings. The first-order valence-electron chi connectivity index (χ1n) is 8.80. The van der Waals surface area contributed by atoms with Crippen LogP contribution in [0.2, 0.25) is 0 Å². The maximum Gasteiger partial charge on any atom is 0.0237 e. The highest BCUT2D eigenvalue weighted by molar-refractivity contribution is 5.23. The van der Waals surface area contributed by atoms with Gasteiger partial charge in [0, 0.05) is 13.1 Å². The molecule has 0 amide bonds. The molecule has 23 heavy (non-hydrogen) atoms. The summed E-state index contributed by atoms with van der Waals surface area (Å²) in [6.45, 7) is 12.4. The van der Waals surface area contributed by atoms with Crippen molar-refractivity contribution < 1.29 is 0 Å². The van der Waals surface area contributed by atoms with Gasteiger partial charge in [0.05, 0.1) is 0 Å². The number of hydrogen-bond acceptors (Lipinski definition) is 1.